The molecule has 3 rings (SSSR count). The lowest BCUT2D eigenvalue weighted by Gasteiger charge is -2.15. The molecule has 10 heteroatoms. The lowest BCUT2D eigenvalue weighted by molar-refractivity contribution is 0.0531. The summed E-state index contributed by atoms with van der Waals surface area (Å²) < 4.78 is 16.2. The number of aryl methyl sites for hydroxylation is 1. The number of esters is 1. The van der Waals surface area contributed by atoms with Gasteiger partial charge in [-0.1, -0.05) is 23.2 Å². The molecule has 0 bridgehead atoms. The first-order valence-electron chi connectivity index (χ1n) is 9.78. The fraction of sp³-hybridized carbons (Fsp3) is 0.318. The minimum absolute atomic E-state index is 0.0823. The van der Waals surface area contributed by atoms with Gasteiger partial charge in [-0.25, -0.2) is 9.78 Å². The number of methoxy groups -OCH3 is 1. The second-order valence-corrected chi connectivity index (χ2v) is 8.88. The highest BCUT2D eigenvalue weighted by Gasteiger charge is 2.21. The third-order valence-electron chi connectivity index (χ3n) is 4.39. The molecular formula is C22H22Cl2N2O5S. The van der Waals surface area contributed by atoms with Crippen LogP contribution in [0.3, 0.4) is 0 Å². The van der Waals surface area contributed by atoms with Crippen molar-refractivity contribution in [3.05, 3.63) is 49.3 Å². The normalized spacial score (nSPS) is 11.8. The number of hydrogen-bond donors (Lipinski definition) is 1. The van der Waals surface area contributed by atoms with E-state index in [9.17, 15) is 9.59 Å². The second-order valence-electron chi connectivity index (χ2n) is 7.06. The van der Waals surface area contributed by atoms with Gasteiger partial charge in [0.25, 0.3) is 5.56 Å². The van der Waals surface area contributed by atoms with Crippen molar-refractivity contribution < 1.29 is 19.0 Å². The van der Waals surface area contributed by atoms with Gasteiger partial charge in [0.15, 0.2) is 17.3 Å². The first kappa shape index (κ1) is 24.1. The molecule has 0 fully saturated rings. The summed E-state index contributed by atoms with van der Waals surface area (Å²) in [6, 6.07) is 3.39. The first-order valence-corrected chi connectivity index (χ1v) is 11.4. The molecule has 0 radical (unpaired) electrons. The van der Waals surface area contributed by atoms with E-state index in [4.69, 9.17) is 37.4 Å². The summed E-state index contributed by atoms with van der Waals surface area (Å²) in [5.74, 6) is 0.567. The van der Waals surface area contributed by atoms with Crippen molar-refractivity contribution in [1.82, 2.24) is 9.97 Å². The third kappa shape index (κ3) is 4.92. The van der Waals surface area contributed by atoms with Crippen molar-refractivity contribution >= 4 is 61.8 Å². The second kappa shape index (κ2) is 9.94. The van der Waals surface area contributed by atoms with Gasteiger partial charge in [-0.15, -0.1) is 11.3 Å². The van der Waals surface area contributed by atoms with Crippen molar-refractivity contribution in [3.8, 4) is 11.5 Å². The SMILES string of the molecule is CCOC(=O)c1sc2nc(/C(Cl)=C/c3cc(Cl)c(OC(C)C)c(OC)c3)[nH]c(=O)c2c1C. The zero-order chi connectivity index (χ0) is 23.6. The molecule has 1 aromatic carbocycles. The molecule has 170 valence electrons. The molecule has 2 heterocycles. The topological polar surface area (TPSA) is 90.5 Å². The summed E-state index contributed by atoms with van der Waals surface area (Å²) in [6.45, 7) is 7.42. The number of benzene rings is 1. The van der Waals surface area contributed by atoms with E-state index in [1.807, 2.05) is 13.8 Å². The average molecular weight is 497 g/mol. The van der Waals surface area contributed by atoms with E-state index in [0.29, 0.717) is 42.7 Å². The van der Waals surface area contributed by atoms with Crippen LogP contribution in [0.1, 0.15) is 47.4 Å². The van der Waals surface area contributed by atoms with Crippen LogP contribution in [0.15, 0.2) is 16.9 Å². The number of thiophene rings is 1. The van der Waals surface area contributed by atoms with Crippen LogP contribution >= 0.6 is 34.5 Å². The highest BCUT2D eigenvalue weighted by atomic mass is 35.5. The number of aromatic amines is 1. The van der Waals surface area contributed by atoms with Gasteiger partial charge < -0.3 is 19.2 Å². The van der Waals surface area contributed by atoms with Crippen LogP contribution in [-0.2, 0) is 4.74 Å². The van der Waals surface area contributed by atoms with Crippen molar-refractivity contribution in [3.63, 3.8) is 0 Å². The number of halogens is 2. The van der Waals surface area contributed by atoms with Gasteiger partial charge in [0.05, 0.1) is 35.3 Å². The summed E-state index contributed by atoms with van der Waals surface area (Å²) in [5.41, 5.74) is 0.767. The number of carbonyl (C=O) groups is 1. The molecular weight excluding hydrogens is 475 g/mol. The molecule has 0 saturated carbocycles. The zero-order valence-electron chi connectivity index (χ0n) is 18.2. The number of aromatic nitrogens is 2. The minimum Gasteiger partial charge on any atom is -0.493 e. The zero-order valence-corrected chi connectivity index (χ0v) is 20.5. The molecule has 0 aliphatic rings. The summed E-state index contributed by atoms with van der Waals surface area (Å²) in [4.78, 5) is 32.7. The Balaban J connectivity index is 2.04. The lowest BCUT2D eigenvalue weighted by atomic mass is 10.1. The molecule has 2 aromatic heterocycles. The Morgan fingerprint density at radius 1 is 1.34 bits per heavy atom. The Morgan fingerprint density at radius 2 is 2.06 bits per heavy atom. The fourth-order valence-corrected chi connectivity index (χ4v) is 4.59. The van der Waals surface area contributed by atoms with Crippen LogP contribution in [0.4, 0.5) is 0 Å². The molecule has 3 aromatic rings. The predicted molar refractivity (Wildman–Crippen MR) is 128 cm³/mol. The van der Waals surface area contributed by atoms with E-state index in [1.165, 1.54) is 7.11 Å². The molecule has 0 spiro atoms. The number of nitrogens with zero attached hydrogens (tertiary/aromatic N) is 1. The van der Waals surface area contributed by atoms with Gasteiger partial charge in [0, 0.05) is 0 Å². The number of fused-ring (bicyclic) bond motifs is 1. The number of nitrogens with one attached hydrogen (secondary N) is 1. The average Bonchev–Trinajstić information content (AvgIpc) is 3.06. The van der Waals surface area contributed by atoms with Gasteiger partial charge in [-0.3, -0.25) is 4.79 Å². The van der Waals surface area contributed by atoms with Gasteiger partial charge in [0.2, 0.25) is 0 Å². The number of H-pyrrole nitrogens is 1. The quantitative estimate of drug-likeness (QED) is 0.424. The number of carbonyl (C=O) groups excluding carboxylic acids is 1. The van der Waals surface area contributed by atoms with E-state index in [2.05, 4.69) is 9.97 Å². The molecule has 0 aliphatic heterocycles. The Bertz CT molecular complexity index is 1260. The standard InChI is InChI=1S/C22H22Cl2N2O5S/c1-6-30-22(28)18-11(4)16-20(27)25-19(26-21(16)32-18)14(24)8-12-7-13(23)17(31-10(2)3)15(9-12)29-5/h7-10H,6H2,1-5H3,(H,25,26,27)/b14-8-. The lowest BCUT2D eigenvalue weighted by Crippen LogP contribution is -2.11. The van der Waals surface area contributed by atoms with Gasteiger partial charge >= 0.3 is 5.97 Å². The molecule has 32 heavy (non-hydrogen) atoms. The smallest absolute Gasteiger partial charge is 0.348 e. The highest BCUT2D eigenvalue weighted by molar-refractivity contribution is 7.20. The Kier molecular flexibility index (Phi) is 7.48. The maximum atomic E-state index is 12.7. The van der Waals surface area contributed by atoms with E-state index >= 15 is 0 Å². The maximum absolute atomic E-state index is 12.7. The van der Waals surface area contributed by atoms with Crippen molar-refractivity contribution in [2.24, 2.45) is 0 Å². The summed E-state index contributed by atoms with van der Waals surface area (Å²) in [7, 11) is 1.52. The minimum atomic E-state index is -0.485. The maximum Gasteiger partial charge on any atom is 0.348 e. The van der Waals surface area contributed by atoms with Gasteiger partial charge in [-0.2, -0.15) is 0 Å². The highest BCUT2D eigenvalue weighted by Crippen LogP contribution is 2.38. The molecule has 1 N–H and O–H groups in total. The van der Waals surface area contributed by atoms with Crippen molar-refractivity contribution in [1.29, 1.82) is 0 Å². The monoisotopic (exact) mass is 496 g/mol. The van der Waals surface area contributed by atoms with Crippen molar-refractivity contribution in [2.75, 3.05) is 13.7 Å². The third-order valence-corrected chi connectivity index (χ3v) is 6.12. The van der Waals surface area contributed by atoms with Crippen LogP contribution in [0.25, 0.3) is 21.3 Å². The van der Waals surface area contributed by atoms with E-state index in [1.54, 1.807) is 32.1 Å². The van der Waals surface area contributed by atoms with E-state index < -0.39 is 11.5 Å². The number of rotatable bonds is 7. The first-order chi connectivity index (χ1) is 15.2. The van der Waals surface area contributed by atoms with Gasteiger partial charge in [0.1, 0.15) is 9.71 Å². The van der Waals surface area contributed by atoms with Crippen LogP contribution < -0.4 is 15.0 Å². The van der Waals surface area contributed by atoms with Crippen LogP contribution in [0, 0.1) is 6.92 Å². The van der Waals surface area contributed by atoms with Crippen LogP contribution in [-0.4, -0.2) is 35.8 Å². The Hall–Kier alpha value is -2.55. The molecule has 0 unspecified atom stereocenters. The Labute approximate surface area is 198 Å². The van der Waals surface area contributed by atoms with Crippen LogP contribution in [0.2, 0.25) is 5.02 Å². The molecule has 0 amide bonds. The summed E-state index contributed by atoms with van der Waals surface area (Å²) >= 11 is 13.9. The molecule has 0 aliphatic carbocycles. The largest absolute Gasteiger partial charge is 0.493 e. The number of hydrogen-bond acceptors (Lipinski definition) is 7. The number of ether oxygens (including phenoxy) is 3. The van der Waals surface area contributed by atoms with Crippen LogP contribution in [0.5, 0.6) is 11.5 Å². The van der Waals surface area contributed by atoms with E-state index in [-0.39, 0.29) is 23.6 Å². The molecule has 0 saturated heterocycles. The summed E-state index contributed by atoms with van der Waals surface area (Å²) in [5, 5.41) is 0.883. The summed E-state index contributed by atoms with van der Waals surface area (Å²) in [6.07, 6.45) is 1.52. The fourth-order valence-electron chi connectivity index (χ4n) is 3.04. The van der Waals surface area contributed by atoms with Crippen molar-refractivity contribution in [2.45, 2.75) is 33.8 Å². The van der Waals surface area contributed by atoms with Gasteiger partial charge in [-0.05, 0) is 57.0 Å². The molecule has 0 atom stereocenters. The molecule has 7 nitrogen and oxygen atoms in total. The predicted octanol–water partition coefficient (Wildman–Crippen LogP) is 5.66. The Morgan fingerprint density at radius 3 is 2.69 bits per heavy atom. The van der Waals surface area contributed by atoms with E-state index in [0.717, 1.165) is 11.3 Å².